The van der Waals surface area contributed by atoms with E-state index in [4.69, 9.17) is 4.74 Å². The van der Waals surface area contributed by atoms with Gasteiger partial charge in [-0.25, -0.2) is 4.79 Å². The van der Waals surface area contributed by atoms with Crippen LogP contribution in [0.1, 0.15) is 19.4 Å². The Hall–Kier alpha value is -1.55. The van der Waals surface area contributed by atoms with Crippen molar-refractivity contribution in [1.82, 2.24) is 4.90 Å². The molecule has 1 aliphatic heterocycles. The van der Waals surface area contributed by atoms with Crippen molar-refractivity contribution in [2.45, 2.75) is 26.6 Å². The van der Waals surface area contributed by atoms with Gasteiger partial charge in [-0.15, -0.1) is 0 Å². The molecular weight excluding hydrogens is 242 g/mol. The van der Waals surface area contributed by atoms with Crippen molar-refractivity contribution in [2.75, 3.05) is 13.1 Å². The molecule has 2 atom stereocenters. The third-order valence-corrected chi connectivity index (χ3v) is 3.65. The first-order valence-electron chi connectivity index (χ1n) is 6.71. The van der Waals surface area contributed by atoms with E-state index in [1.54, 1.807) is 4.90 Å². The normalized spacial score (nSPS) is 22.8. The molecule has 0 aromatic heterocycles. The van der Waals surface area contributed by atoms with Gasteiger partial charge < -0.3 is 14.7 Å². The van der Waals surface area contributed by atoms with Crippen LogP contribution in [0.25, 0.3) is 0 Å². The molecule has 104 valence electrons. The Balaban J connectivity index is 1.85. The van der Waals surface area contributed by atoms with Crippen LogP contribution in [0.4, 0.5) is 4.79 Å². The van der Waals surface area contributed by atoms with Crippen molar-refractivity contribution in [2.24, 2.45) is 11.8 Å². The largest absolute Gasteiger partial charge is 0.445 e. The number of likely N-dealkylation sites (tertiary alicyclic amines) is 1. The Kier molecular flexibility index (Phi) is 4.43. The van der Waals surface area contributed by atoms with Gasteiger partial charge in [-0.3, -0.25) is 0 Å². The van der Waals surface area contributed by atoms with Crippen LogP contribution in [0.5, 0.6) is 0 Å². The van der Waals surface area contributed by atoms with Crippen LogP contribution in [-0.2, 0) is 11.3 Å². The van der Waals surface area contributed by atoms with Crippen LogP contribution < -0.4 is 0 Å². The standard InChI is InChI=1S/C15H21NO3/c1-11(2)13-8-16(9-14(13)17)15(18)19-10-12-6-4-3-5-7-12/h3-7,11,13-14,17H,8-10H2,1-2H3/t13-,14+/m1/s1. The summed E-state index contributed by atoms with van der Waals surface area (Å²) < 4.78 is 5.26. The molecule has 1 amide bonds. The fourth-order valence-corrected chi connectivity index (χ4v) is 2.43. The maximum atomic E-state index is 11.9. The van der Waals surface area contributed by atoms with Crippen molar-refractivity contribution in [1.29, 1.82) is 0 Å². The van der Waals surface area contributed by atoms with Crippen molar-refractivity contribution in [3.8, 4) is 0 Å². The summed E-state index contributed by atoms with van der Waals surface area (Å²) in [6.07, 6.45) is -0.782. The fraction of sp³-hybridized carbons (Fsp3) is 0.533. The molecule has 1 heterocycles. The van der Waals surface area contributed by atoms with E-state index in [9.17, 15) is 9.90 Å². The van der Waals surface area contributed by atoms with Crippen LogP contribution in [0.3, 0.4) is 0 Å². The molecule has 1 fully saturated rings. The number of carbonyl (C=O) groups is 1. The number of amides is 1. The minimum Gasteiger partial charge on any atom is -0.445 e. The number of hydrogen-bond donors (Lipinski definition) is 1. The topological polar surface area (TPSA) is 49.8 Å². The fourth-order valence-electron chi connectivity index (χ4n) is 2.43. The van der Waals surface area contributed by atoms with Gasteiger partial charge in [0.2, 0.25) is 0 Å². The molecule has 4 heteroatoms. The number of aliphatic hydroxyl groups excluding tert-OH is 1. The lowest BCUT2D eigenvalue weighted by Gasteiger charge is -2.18. The Morgan fingerprint density at radius 1 is 1.37 bits per heavy atom. The summed E-state index contributed by atoms with van der Waals surface area (Å²) >= 11 is 0. The average Bonchev–Trinajstić information content (AvgIpc) is 2.79. The first-order valence-corrected chi connectivity index (χ1v) is 6.71. The summed E-state index contributed by atoms with van der Waals surface area (Å²) in [6.45, 7) is 5.35. The highest BCUT2D eigenvalue weighted by Gasteiger charge is 2.36. The highest BCUT2D eigenvalue weighted by Crippen LogP contribution is 2.24. The number of rotatable bonds is 3. The van der Waals surface area contributed by atoms with Gasteiger partial charge in [0.25, 0.3) is 0 Å². The third kappa shape index (κ3) is 3.47. The van der Waals surface area contributed by atoms with Gasteiger partial charge in [-0.2, -0.15) is 0 Å². The van der Waals surface area contributed by atoms with E-state index < -0.39 is 6.10 Å². The smallest absolute Gasteiger partial charge is 0.410 e. The summed E-state index contributed by atoms with van der Waals surface area (Å²) in [5.41, 5.74) is 0.969. The molecule has 2 rings (SSSR count). The molecule has 0 spiro atoms. The molecule has 0 saturated carbocycles. The first-order chi connectivity index (χ1) is 9.08. The molecule has 0 radical (unpaired) electrons. The minimum absolute atomic E-state index is 0.143. The summed E-state index contributed by atoms with van der Waals surface area (Å²) in [4.78, 5) is 13.5. The van der Waals surface area contributed by atoms with E-state index in [1.807, 2.05) is 30.3 Å². The van der Waals surface area contributed by atoms with E-state index >= 15 is 0 Å². The van der Waals surface area contributed by atoms with Crippen LogP contribution in [0.15, 0.2) is 30.3 Å². The number of aliphatic hydroxyl groups is 1. The van der Waals surface area contributed by atoms with E-state index in [0.29, 0.717) is 19.0 Å². The number of carbonyl (C=O) groups excluding carboxylic acids is 1. The summed E-state index contributed by atoms with van der Waals surface area (Å²) in [5.74, 6) is 0.506. The summed E-state index contributed by atoms with van der Waals surface area (Å²) in [5, 5.41) is 9.91. The average molecular weight is 263 g/mol. The second-order valence-corrected chi connectivity index (χ2v) is 5.42. The molecule has 0 aliphatic carbocycles. The Bertz CT molecular complexity index is 419. The number of hydrogen-bond acceptors (Lipinski definition) is 3. The molecule has 1 aromatic rings. The van der Waals surface area contributed by atoms with E-state index in [1.165, 1.54) is 0 Å². The van der Waals surface area contributed by atoms with Crippen LogP contribution in [-0.4, -0.2) is 35.3 Å². The van der Waals surface area contributed by atoms with Gasteiger partial charge >= 0.3 is 6.09 Å². The highest BCUT2D eigenvalue weighted by atomic mass is 16.6. The van der Waals surface area contributed by atoms with Crippen LogP contribution in [0, 0.1) is 11.8 Å². The lowest BCUT2D eigenvalue weighted by Crippen LogP contribution is -2.30. The third-order valence-electron chi connectivity index (χ3n) is 3.65. The molecule has 1 saturated heterocycles. The van der Waals surface area contributed by atoms with Crippen LogP contribution >= 0.6 is 0 Å². The quantitative estimate of drug-likeness (QED) is 0.910. The van der Waals surface area contributed by atoms with E-state index in [-0.39, 0.29) is 18.6 Å². The molecule has 1 N–H and O–H groups in total. The Morgan fingerprint density at radius 3 is 2.63 bits per heavy atom. The first kappa shape index (κ1) is 13.9. The van der Waals surface area contributed by atoms with E-state index in [2.05, 4.69) is 13.8 Å². The van der Waals surface area contributed by atoms with Crippen LogP contribution in [0.2, 0.25) is 0 Å². The van der Waals surface area contributed by atoms with Crippen molar-refractivity contribution >= 4 is 6.09 Å². The maximum Gasteiger partial charge on any atom is 0.410 e. The Labute approximate surface area is 114 Å². The Morgan fingerprint density at radius 2 is 2.05 bits per heavy atom. The molecular formula is C15H21NO3. The minimum atomic E-state index is -0.440. The predicted molar refractivity (Wildman–Crippen MR) is 72.5 cm³/mol. The lowest BCUT2D eigenvalue weighted by atomic mass is 9.93. The van der Waals surface area contributed by atoms with Gasteiger partial charge in [0.05, 0.1) is 12.6 Å². The zero-order valence-electron chi connectivity index (χ0n) is 11.5. The zero-order valence-corrected chi connectivity index (χ0v) is 11.5. The van der Waals surface area contributed by atoms with E-state index in [0.717, 1.165) is 5.56 Å². The highest BCUT2D eigenvalue weighted by molar-refractivity contribution is 5.68. The maximum absolute atomic E-state index is 11.9. The molecule has 0 unspecified atom stereocenters. The van der Waals surface area contributed by atoms with Crippen molar-refractivity contribution in [3.63, 3.8) is 0 Å². The number of benzene rings is 1. The summed E-state index contributed by atoms with van der Waals surface area (Å²) in [6, 6.07) is 9.59. The van der Waals surface area contributed by atoms with Gasteiger partial charge in [-0.05, 0) is 11.5 Å². The molecule has 1 aliphatic rings. The number of β-amino-alcohol motifs (C(OH)–C–C–N with tert-alkyl or cyclic N) is 1. The lowest BCUT2D eigenvalue weighted by molar-refractivity contribution is 0.0959. The van der Waals surface area contributed by atoms with Crippen molar-refractivity contribution in [3.05, 3.63) is 35.9 Å². The SMILES string of the molecule is CC(C)[C@H]1CN(C(=O)OCc2ccccc2)C[C@@H]1O. The van der Waals surface area contributed by atoms with Gasteiger partial charge in [0.15, 0.2) is 0 Å². The predicted octanol–water partition coefficient (Wildman–Crippen LogP) is 2.27. The van der Waals surface area contributed by atoms with Crippen molar-refractivity contribution < 1.29 is 14.6 Å². The molecule has 1 aromatic carbocycles. The molecule has 19 heavy (non-hydrogen) atoms. The second kappa shape index (κ2) is 6.06. The zero-order chi connectivity index (χ0) is 13.8. The molecule has 0 bridgehead atoms. The monoisotopic (exact) mass is 263 g/mol. The van der Waals surface area contributed by atoms with Gasteiger partial charge in [-0.1, -0.05) is 44.2 Å². The van der Waals surface area contributed by atoms with Gasteiger partial charge in [0, 0.05) is 12.5 Å². The second-order valence-electron chi connectivity index (χ2n) is 5.42. The van der Waals surface area contributed by atoms with Gasteiger partial charge in [0.1, 0.15) is 6.61 Å². The number of ether oxygens (including phenoxy) is 1. The molecule has 4 nitrogen and oxygen atoms in total. The number of nitrogens with zero attached hydrogens (tertiary/aromatic N) is 1. The summed E-state index contributed by atoms with van der Waals surface area (Å²) in [7, 11) is 0.